The van der Waals surface area contributed by atoms with Gasteiger partial charge in [0, 0.05) is 32.8 Å². The van der Waals surface area contributed by atoms with Crippen LogP contribution in [0, 0.1) is 0 Å². The molecule has 74 heavy (non-hydrogen) atoms. The van der Waals surface area contributed by atoms with E-state index in [9.17, 15) is 0 Å². The highest BCUT2D eigenvalue weighted by molar-refractivity contribution is 6.32. The summed E-state index contributed by atoms with van der Waals surface area (Å²) in [7, 11) is 0. The van der Waals surface area contributed by atoms with E-state index in [4.69, 9.17) is 15.0 Å². The Kier molecular flexibility index (Phi) is 8.80. The zero-order chi connectivity index (χ0) is 48.4. The van der Waals surface area contributed by atoms with Crippen molar-refractivity contribution >= 4 is 114 Å². The molecule has 0 atom stereocenters. The van der Waals surface area contributed by atoms with E-state index in [-0.39, 0.29) is 0 Å². The van der Waals surface area contributed by atoms with Gasteiger partial charge in [-0.1, -0.05) is 188 Å². The molecule has 0 N–H and O–H groups in total. The van der Waals surface area contributed by atoms with Crippen molar-refractivity contribution in [1.82, 2.24) is 24.1 Å². The largest absolute Gasteiger partial charge is 0.309 e. The molecule has 0 spiro atoms. The SMILES string of the molecule is C1=CCCC(c2nc(-c3ccccc3)nc(-n3c4cc5c6ccccc6c6ccccc6c5cc4c4cc5c6cc7c8ccccc8c8ccccc8c7cc6n(-c6cccc(-c7ccccc7)c6)c5cc43)n2)=C1. The number of aromatic nitrogens is 5. The Labute approximate surface area is 425 Å². The van der Waals surface area contributed by atoms with E-state index in [0.29, 0.717) is 17.6 Å². The van der Waals surface area contributed by atoms with Crippen molar-refractivity contribution in [3.63, 3.8) is 0 Å². The normalized spacial score (nSPS) is 13.1. The van der Waals surface area contributed by atoms with Crippen LogP contribution in [0.2, 0.25) is 0 Å². The van der Waals surface area contributed by atoms with Gasteiger partial charge in [-0.25, -0.2) is 4.98 Å². The minimum atomic E-state index is 0.588. The van der Waals surface area contributed by atoms with Crippen molar-refractivity contribution in [3.05, 3.63) is 242 Å². The molecule has 0 amide bonds. The Morgan fingerprint density at radius 1 is 0.297 bits per heavy atom. The molecule has 1 aliphatic rings. The van der Waals surface area contributed by atoms with E-state index in [2.05, 4.69) is 240 Å². The number of allylic oxidation sites excluding steroid dienone is 4. The Balaban J connectivity index is 1.10. The van der Waals surface area contributed by atoms with E-state index in [1.807, 2.05) is 6.07 Å². The molecule has 5 heteroatoms. The zero-order valence-electron chi connectivity index (χ0n) is 40.2. The summed E-state index contributed by atoms with van der Waals surface area (Å²) in [4.78, 5) is 16.2. The predicted molar refractivity (Wildman–Crippen MR) is 311 cm³/mol. The molecule has 0 fully saturated rings. The Bertz CT molecular complexity index is 4940. The van der Waals surface area contributed by atoms with Gasteiger partial charge in [-0.3, -0.25) is 4.57 Å². The maximum atomic E-state index is 5.49. The van der Waals surface area contributed by atoms with Crippen LogP contribution in [0.4, 0.5) is 0 Å². The molecule has 15 aromatic rings. The van der Waals surface area contributed by atoms with Crippen LogP contribution < -0.4 is 0 Å². The standard InChI is InChI=1S/C69H43N5/c1-4-19-42(20-5-1)45-25-18-26-46(35-45)73-63-39-57-53-33-16-12-29-49(53)47-27-10-14-31-51(47)55(57)36-59(63)61-38-62-60-37-56-52-32-15-11-28-48(52)50-30-13-17-34-54(50)58(56)40-64(60)74(66(62)41-65(61)73)69-71-67(43-21-6-2-7-22-43)70-68(72-69)44-23-8-3-9-24-44/h1-8,10-23,25-41H,9,24H2. The molecule has 0 saturated carbocycles. The number of nitrogens with zero attached hydrogens (tertiary/aromatic N) is 5. The van der Waals surface area contributed by atoms with Crippen molar-refractivity contribution in [2.75, 3.05) is 0 Å². The highest BCUT2D eigenvalue weighted by atomic mass is 15.2. The lowest BCUT2D eigenvalue weighted by Crippen LogP contribution is -2.08. The Hall–Kier alpha value is -9.71. The average Bonchev–Trinajstić information content (AvgIpc) is 3.97. The lowest BCUT2D eigenvalue weighted by molar-refractivity contribution is 0.914. The fraction of sp³-hybridized carbons (Fsp3) is 0.0290. The molecule has 344 valence electrons. The Morgan fingerprint density at radius 2 is 0.716 bits per heavy atom. The average molecular weight is 942 g/mol. The zero-order valence-corrected chi connectivity index (χ0v) is 40.2. The molecule has 3 aromatic heterocycles. The van der Waals surface area contributed by atoms with Crippen LogP contribution in [0.5, 0.6) is 0 Å². The summed E-state index contributed by atoms with van der Waals surface area (Å²) in [6, 6.07) is 80.2. The molecule has 3 heterocycles. The van der Waals surface area contributed by atoms with Crippen LogP contribution >= 0.6 is 0 Å². The molecule has 5 nitrogen and oxygen atoms in total. The second kappa shape index (κ2) is 15.9. The van der Waals surface area contributed by atoms with Gasteiger partial charge in [0.2, 0.25) is 5.95 Å². The highest BCUT2D eigenvalue weighted by Crippen LogP contribution is 2.46. The van der Waals surface area contributed by atoms with Crippen molar-refractivity contribution in [1.29, 1.82) is 0 Å². The lowest BCUT2D eigenvalue weighted by Gasteiger charge is -2.14. The lowest BCUT2D eigenvalue weighted by atomic mass is 9.93. The maximum Gasteiger partial charge on any atom is 0.238 e. The Morgan fingerprint density at radius 3 is 1.24 bits per heavy atom. The third-order valence-electron chi connectivity index (χ3n) is 15.7. The van der Waals surface area contributed by atoms with E-state index >= 15 is 0 Å². The van der Waals surface area contributed by atoms with Gasteiger partial charge >= 0.3 is 0 Å². The molecular weight excluding hydrogens is 899 g/mol. The van der Waals surface area contributed by atoms with Gasteiger partial charge in [-0.15, -0.1) is 0 Å². The second-order valence-electron chi connectivity index (χ2n) is 19.8. The van der Waals surface area contributed by atoms with Crippen molar-refractivity contribution < 1.29 is 0 Å². The predicted octanol–water partition coefficient (Wildman–Crippen LogP) is 18.1. The van der Waals surface area contributed by atoms with Gasteiger partial charge < -0.3 is 4.57 Å². The monoisotopic (exact) mass is 941 g/mol. The van der Waals surface area contributed by atoms with Crippen LogP contribution in [0.1, 0.15) is 18.7 Å². The first-order valence-corrected chi connectivity index (χ1v) is 25.6. The van der Waals surface area contributed by atoms with Crippen LogP contribution in [0.15, 0.2) is 237 Å². The summed E-state index contributed by atoms with van der Waals surface area (Å²) in [5.41, 5.74) is 9.79. The first-order valence-electron chi connectivity index (χ1n) is 25.6. The third-order valence-corrected chi connectivity index (χ3v) is 15.7. The number of hydrogen-bond donors (Lipinski definition) is 0. The summed E-state index contributed by atoms with van der Waals surface area (Å²) in [5.74, 6) is 1.93. The van der Waals surface area contributed by atoms with Crippen LogP contribution in [0.25, 0.3) is 148 Å². The molecule has 0 saturated heterocycles. The maximum absolute atomic E-state index is 5.49. The summed E-state index contributed by atoms with van der Waals surface area (Å²) in [6.45, 7) is 0. The molecular formula is C69H43N5. The molecule has 1 aliphatic carbocycles. The van der Waals surface area contributed by atoms with E-state index < -0.39 is 0 Å². The minimum Gasteiger partial charge on any atom is -0.309 e. The quantitative estimate of drug-likeness (QED) is 0.162. The van der Waals surface area contributed by atoms with Crippen LogP contribution in [-0.2, 0) is 0 Å². The van der Waals surface area contributed by atoms with Crippen molar-refractivity contribution in [2.24, 2.45) is 0 Å². The second-order valence-corrected chi connectivity index (χ2v) is 19.8. The number of fused-ring (bicyclic) bond motifs is 18. The summed E-state index contributed by atoms with van der Waals surface area (Å²) in [6.07, 6.45) is 8.29. The van der Waals surface area contributed by atoms with Crippen molar-refractivity contribution in [3.8, 4) is 34.2 Å². The van der Waals surface area contributed by atoms with Gasteiger partial charge in [0.05, 0.1) is 22.1 Å². The topological polar surface area (TPSA) is 48.5 Å². The van der Waals surface area contributed by atoms with E-state index in [0.717, 1.165) is 68.1 Å². The summed E-state index contributed by atoms with van der Waals surface area (Å²) >= 11 is 0. The highest BCUT2D eigenvalue weighted by Gasteiger charge is 2.24. The summed E-state index contributed by atoms with van der Waals surface area (Å²) < 4.78 is 4.82. The van der Waals surface area contributed by atoms with Gasteiger partial charge in [0.25, 0.3) is 0 Å². The van der Waals surface area contributed by atoms with Gasteiger partial charge in [0.1, 0.15) is 0 Å². The van der Waals surface area contributed by atoms with E-state index in [1.165, 1.54) is 81.0 Å². The first-order chi connectivity index (χ1) is 36.7. The molecule has 0 unspecified atom stereocenters. The van der Waals surface area contributed by atoms with Crippen molar-refractivity contribution in [2.45, 2.75) is 12.8 Å². The number of rotatable bonds is 5. The molecule has 0 bridgehead atoms. The van der Waals surface area contributed by atoms with Gasteiger partial charge in [-0.2, -0.15) is 9.97 Å². The summed E-state index contributed by atoms with van der Waals surface area (Å²) in [5, 5.41) is 19.5. The molecule has 12 aromatic carbocycles. The molecule has 0 aliphatic heterocycles. The van der Waals surface area contributed by atoms with Crippen LogP contribution in [0.3, 0.4) is 0 Å². The van der Waals surface area contributed by atoms with Gasteiger partial charge in [-0.05, 0) is 143 Å². The van der Waals surface area contributed by atoms with E-state index in [1.54, 1.807) is 0 Å². The smallest absolute Gasteiger partial charge is 0.238 e. The fourth-order valence-corrected chi connectivity index (χ4v) is 12.4. The number of benzene rings is 12. The third kappa shape index (κ3) is 6.07. The van der Waals surface area contributed by atoms with Gasteiger partial charge in [0.15, 0.2) is 11.6 Å². The van der Waals surface area contributed by atoms with Crippen LogP contribution in [-0.4, -0.2) is 24.1 Å². The first kappa shape index (κ1) is 41.0. The minimum absolute atomic E-state index is 0.588. The molecule has 0 radical (unpaired) electrons. The number of hydrogen-bond acceptors (Lipinski definition) is 3. The fourth-order valence-electron chi connectivity index (χ4n) is 12.4. The molecule has 16 rings (SSSR count).